The van der Waals surface area contributed by atoms with Crippen LogP contribution in [0.25, 0.3) is 0 Å². The minimum absolute atomic E-state index is 0.123. The number of carbonyl (C=O) groups is 3. The molecule has 0 spiro atoms. The predicted octanol–water partition coefficient (Wildman–Crippen LogP) is 2.32. The van der Waals surface area contributed by atoms with Gasteiger partial charge in [0.25, 0.3) is 0 Å². The normalized spacial score (nSPS) is 10.2. The Hall–Kier alpha value is -3.22. The maximum absolute atomic E-state index is 12.9. The Morgan fingerprint density at radius 1 is 1.11 bits per heavy atom. The number of nitrogens with one attached hydrogen (secondary N) is 1. The van der Waals surface area contributed by atoms with E-state index in [0.29, 0.717) is 16.8 Å². The Bertz CT molecular complexity index is 821. The number of benzene rings is 2. The van der Waals surface area contributed by atoms with Crippen molar-refractivity contribution in [1.82, 2.24) is 5.32 Å². The van der Waals surface area contributed by atoms with Gasteiger partial charge in [-0.3, -0.25) is 9.59 Å². The van der Waals surface area contributed by atoms with Crippen LogP contribution in [-0.2, 0) is 20.7 Å². The number of nitrogens with zero attached hydrogens (tertiary/aromatic N) is 1. The van der Waals surface area contributed by atoms with Gasteiger partial charge in [-0.15, -0.1) is 0 Å². The average Bonchev–Trinajstić information content (AvgIpc) is 2.66. The Kier molecular flexibility index (Phi) is 7.05. The largest absolute Gasteiger partial charge is 0.465 e. The number of hydrogen-bond donors (Lipinski definition) is 1. The van der Waals surface area contributed by atoms with Crippen molar-refractivity contribution in [2.75, 3.05) is 25.1 Å². The smallest absolute Gasteiger partial charge is 0.337 e. The monoisotopic (exact) mass is 372 g/mol. The summed E-state index contributed by atoms with van der Waals surface area (Å²) in [4.78, 5) is 37.1. The molecule has 2 amide bonds. The highest BCUT2D eigenvalue weighted by Gasteiger charge is 2.14. The number of ether oxygens (including phenoxy) is 1. The highest BCUT2D eigenvalue weighted by molar-refractivity contribution is 5.95. The second-order valence-corrected chi connectivity index (χ2v) is 5.87. The number of anilines is 1. The van der Waals surface area contributed by atoms with Crippen LogP contribution in [-0.4, -0.2) is 38.0 Å². The van der Waals surface area contributed by atoms with Crippen LogP contribution in [0, 0.1) is 5.82 Å². The third-order valence-electron chi connectivity index (χ3n) is 3.89. The van der Waals surface area contributed by atoms with Crippen molar-refractivity contribution in [1.29, 1.82) is 0 Å². The number of hydrogen-bond acceptors (Lipinski definition) is 4. The molecular formula is C20H21FN2O4. The summed E-state index contributed by atoms with van der Waals surface area (Å²) in [6.07, 6.45) is 0.123. The van der Waals surface area contributed by atoms with Gasteiger partial charge in [0.05, 0.1) is 19.1 Å². The molecule has 0 aromatic heterocycles. The standard InChI is InChI=1S/C20H21FN2O4/c1-14(24)23(18-5-3-4-16(13-18)20(26)27-2)11-10-22-19(25)12-15-6-8-17(21)9-7-15/h3-9,13H,10-12H2,1-2H3,(H,22,25). The molecule has 1 N–H and O–H groups in total. The lowest BCUT2D eigenvalue weighted by molar-refractivity contribution is -0.121. The van der Waals surface area contributed by atoms with Gasteiger partial charge < -0.3 is 15.0 Å². The zero-order valence-electron chi connectivity index (χ0n) is 15.2. The Labute approximate surface area is 156 Å². The average molecular weight is 372 g/mol. The number of amides is 2. The van der Waals surface area contributed by atoms with Gasteiger partial charge in [0.15, 0.2) is 0 Å². The number of carbonyl (C=O) groups excluding carboxylic acids is 3. The molecule has 0 aliphatic carbocycles. The zero-order chi connectivity index (χ0) is 19.8. The predicted molar refractivity (Wildman–Crippen MR) is 98.9 cm³/mol. The summed E-state index contributed by atoms with van der Waals surface area (Å²) in [6.45, 7) is 1.89. The molecule has 0 heterocycles. The molecular weight excluding hydrogens is 351 g/mol. The van der Waals surface area contributed by atoms with Crippen molar-refractivity contribution >= 4 is 23.5 Å². The molecule has 2 aromatic carbocycles. The molecule has 0 fully saturated rings. The van der Waals surface area contributed by atoms with E-state index < -0.39 is 5.97 Å². The van der Waals surface area contributed by atoms with Gasteiger partial charge >= 0.3 is 5.97 Å². The van der Waals surface area contributed by atoms with E-state index in [1.807, 2.05) is 0 Å². The molecule has 2 rings (SSSR count). The van der Waals surface area contributed by atoms with Gasteiger partial charge in [0.2, 0.25) is 11.8 Å². The first-order valence-electron chi connectivity index (χ1n) is 8.38. The molecule has 7 heteroatoms. The van der Waals surface area contributed by atoms with Crippen molar-refractivity contribution in [3.63, 3.8) is 0 Å². The van der Waals surface area contributed by atoms with E-state index in [4.69, 9.17) is 0 Å². The van der Waals surface area contributed by atoms with Gasteiger partial charge in [-0.1, -0.05) is 18.2 Å². The van der Waals surface area contributed by atoms with Gasteiger partial charge in [-0.25, -0.2) is 9.18 Å². The fraction of sp³-hybridized carbons (Fsp3) is 0.250. The second-order valence-electron chi connectivity index (χ2n) is 5.87. The molecule has 0 aliphatic heterocycles. The molecule has 27 heavy (non-hydrogen) atoms. The molecule has 142 valence electrons. The van der Waals surface area contributed by atoms with Crippen LogP contribution in [0.2, 0.25) is 0 Å². The molecule has 0 aliphatic rings. The summed E-state index contributed by atoms with van der Waals surface area (Å²) in [7, 11) is 1.29. The van der Waals surface area contributed by atoms with Crippen LogP contribution in [0.1, 0.15) is 22.8 Å². The lowest BCUT2D eigenvalue weighted by Gasteiger charge is -2.22. The first-order valence-corrected chi connectivity index (χ1v) is 8.38. The number of rotatable bonds is 7. The summed E-state index contributed by atoms with van der Waals surface area (Å²) in [5, 5.41) is 2.73. The van der Waals surface area contributed by atoms with Crippen molar-refractivity contribution in [2.24, 2.45) is 0 Å². The summed E-state index contributed by atoms with van der Waals surface area (Å²) >= 11 is 0. The summed E-state index contributed by atoms with van der Waals surface area (Å²) in [5.74, 6) is -1.29. The highest BCUT2D eigenvalue weighted by Crippen LogP contribution is 2.17. The second kappa shape index (κ2) is 9.47. The third-order valence-corrected chi connectivity index (χ3v) is 3.89. The molecule has 0 unspecified atom stereocenters. The minimum Gasteiger partial charge on any atom is -0.465 e. The molecule has 0 radical (unpaired) electrons. The third kappa shape index (κ3) is 5.91. The molecule has 0 saturated heterocycles. The number of methoxy groups -OCH3 is 1. The minimum atomic E-state index is -0.493. The molecule has 2 aromatic rings. The zero-order valence-corrected chi connectivity index (χ0v) is 15.2. The van der Waals surface area contributed by atoms with E-state index in [9.17, 15) is 18.8 Å². The number of esters is 1. The molecule has 0 bridgehead atoms. The van der Waals surface area contributed by atoms with Crippen molar-refractivity contribution in [2.45, 2.75) is 13.3 Å². The fourth-order valence-corrected chi connectivity index (χ4v) is 2.54. The Balaban J connectivity index is 1.95. The quantitative estimate of drug-likeness (QED) is 0.757. The van der Waals surface area contributed by atoms with Crippen LogP contribution in [0.5, 0.6) is 0 Å². The van der Waals surface area contributed by atoms with E-state index in [-0.39, 0.29) is 37.1 Å². The SMILES string of the molecule is COC(=O)c1cccc(N(CCNC(=O)Cc2ccc(F)cc2)C(C)=O)c1. The first-order chi connectivity index (χ1) is 12.9. The van der Waals surface area contributed by atoms with Crippen molar-refractivity contribution in [3.05, 3.63) is 65.5 Å². The molecule has 6 nitrogen and oxygen atoms in total. The van der Waals surface area contributed by atoms with Crippen LogP contribution in [0.4, 0.5) is 10.1 Å². The van der Waals surface area contributed by atoms with Crippen LogP contribution >= 0.6 is 0 Å². The topological polar surface area (TPSA) is 75.7 Å². The first kappa shape index (κ1) is 20.1. The fourth-order valence-electron chi connectivity index (χ4n) is 2.54. The Morgan fingerprint density at radius 2 is 1.81 bits per heavy atom. The van der Waals surface area contributed by atoms with Crippen molar-refractivity contribution in [3.8, 4) is 0 Å². The van der Waals surface area contributed by atoms with Gasteiger partial charge in [-0.2, -0.15) is 0 Å². The highest BCUT2D eigenvalue weighted by atomic mass is 19.1. The van der Waals surface area contributed by atoms with E-state index in [1.165, 1.54) is 31.1 Å². The van der Waals surface area contributed by atoms with E-state index in [0.717, 1.165) is 0 Å². The van der Waals surface area contributed by atoms with Crippen LogP contribution in [0.3, 0.4) is 0 Å². The lowest BCUT2D eigenvalue weighted by atomic mass is 10.1. The Morgan fingerprint density at radius 3 is 2.44 bits per heavy atom. The van der Waals surface area contributed by atoms with Gasteiger partial charge in [-0.05, 0) is 35.9 Å². The van der Waals surface area contributed by atoms with E-state index in [1.54, 1.807) is 36.4 Å². The van der Waals surface area contributed by atoms with Gasteiger partial charge in [0.1, 0.15) is 5.82 Å². The van der Waals surface area contributed by atoms with Gasteiger partial charge in [0, 0.05) is 25.7 Å². The van der Waals surface area contributed by atoms with E-state index >= 15 is 0 Å². The maximum Gasteiger partial charge on any atom is 0.337 e. The lowest BCUT2D eigenvalue weighted by Crippen LogP contribution is -2.38. The molecule has 0 saturated carbocycles. The molecule has 0 atom stereocenters. The van der Waals surface area contributed by atoms with E-state index in [2.05, 4.69) is 10.1 Å². The number of halogens is 1. The summed E-state index contributed by atoms with van der Waals surface area (Å²) < 4.78 is 17.6. The summed E-state index contributed by atoms with van der Waals surface area (Å²) in [6, 6.07) is 12.2. The summed E-state index contributed by atoms with van der Waals surface area (Å²) in [5.41, 5.74) is 1.57. The van der Waals surface area contributed by atoms with Crippen molar-refractivity contribution < 1.29 is 23.5 Å². The van der Waals surface area contributed by atoms with Crippen LogP contribution in [0.15, 0.2) is 48.5 Å². The van der Waals surface area contributed by atoms with Crippen LogP contribution < -0.4 is 10.2 Å². The maximum atomic E-state index is 12.9.